The summed E-state index contributed by atoms with van der Waals surface area (Å²) in [4.78, 5) is 0. The lowest BCUT2D eigenvalue weighted by Gasteiger charge is -2.24. The Morgan fingerprint density at radius 2 is 1.76 bits per heavy atom. The van der Waals surface area contributed by atoms with Gasteiger partial charge in [0.15, 0.2) is 0 Å². The molecule has 2 atom stereocenters. The summed E-state index contributed by atoms with van der Waals surface area (Å²) in [5.74, 6) is 0.487. The van der Waals surface area contributed by atoms with Crippen molar-refractivity contribution in [1.29, 1.82) is 0 Å². The van der Waals surface area contributed by atoms with E-state index in [4.69, 9.17) is 0 Å². The molecule has 0 aliphatic rings. The molecule has 0 spiro atoms. The molecule has 17 heavy (non-hydrogen) atoms. The molecule has 0 heterocycles. The smallest absolute Gasteiger partial charge is 0.129 e. The first-order valence-electron chi connectivity index (χ1n) is 6.45. The van der Waals surface area contributed by atoms with Crippen LogP contribution >= 0.6 is 0 Å². The highest BCUT2D eigenvalue weighted by molar-refractivity contribution is 5.32. The van der Waals surface area contributed by atoms with Crippen LogP contribution in [0.4, 0.5) is 4.39 Å². The zero-order chi connectivity index (χ0) is 13.0. The van der Waals surface area contributed by atoms with E-state index in [2.05, 4.69) is 19.2 Å². The first-order chi connectivity index (χ1) is 8.01. The fourth-order valence-electron chi connectivity index (χ4n) is 2.56. The van der Waals surface area contributed by atoms with Gasteiger partial charge in [0.25, 0.3) is 0 Å². The van der Waals surface area contributed by atoms with E-state index in [1.807, 2.05) is 33.0 Å². The van der Waals surface area contributed by atoms with Crippen LogP contribution in [0.1, 0.15) is 49.4 Å². The second-order valence-electron chi connectivity index (χ2n) is 5.00. The third kappa shape index (κ3) is 3.29. The van der Waals surface area contributed by atoms with Gasteiger partial charge in [0.05, 0.1) is 0 Å². The highest BCUT2D eigenvalue weighted by atomic mass is 19.1. The highest BCUT2D eigenvalue weighted by Crippen LogP contribution is 2.27. The molecule has 2 unspecified atom stereocenters. The van der Waals surface area contributed by atoms with Gasteiger partial charge in [0.2, 0.25) is 0 Å². The lowest BCUT2D eigenvalue weighted by Crippen LogP contribution is -2.23. The van der Waals surface area contributed by atoms with Crippen LogP contribution < -0.4 is 5.32 Å². The molecule has 2 heteroatoms. The molecule has 0 aromatic heterocycles. The van der Waals surface area contributed by atoms with Gasteiger partial charge in [-0.15, -0.1) is 0 Å². The molecule has 1 nitrogen and oxygen atoms in total. The first-order valence-corrected chi connectivity index (χ1v) is 6.45. The predicted molar refractivity (Wildman–Crippen MR) is 71.7 cm³/mol. The Bertz CT molecular complexity index is 350. The van der Waals surface area contributed by atoms with E-state index in [0.29, 0.717) is 12.0 Å². The van der Waals surface area contributed by atoms with Crippen molar-refractivity contribution in [3.8, 4) is 0 Å². The molecule has 0 saturated heterocycles. The highest BCUT2D eigenvalue weighted by Gasteiger charge is 2.18. The average molecular weight is 237 g/mol. The summed E-state index contributed by atoms with van der Waals surface area (Å²) < 4.78 is 13.6. The minimum atomic E-state index is -0.0771. The minimum absolute atomic E-state index is 0.0771. The summed E-state index contributed by atoms with van der Waals surface area (Å²) in [5.41, 5.74) is 2.68. The molecule has 0 bridgehead atoms. The summed E-state index contributed by atoms with van der Waals surface area (Å²) >= 11 is 0. The molecule has 0 fully saturated rings. The van der Waals surface area contributed by atoms with Gasteiger partial charge in [-0.3, -0.25) is 0 Å². The Balaban J connectivity index is 3.04. The molecule has 96 valence electrons. The van der Waals surface area contributed by atoms with Crippen molar-refractivity contribution in [1.82, 2.24) is 5.32 Å². The number of benzene rings is 1. The molecule has 0 aliphatic carbocycles. The van der Waals surface area contributed by atoms with E-state index < -0.39 is 0 Å². The second kappa shape index (κ2) is 6.15. The molecule has 0 aliphatic heterocycles. The lowest BCUT2D eigenvalue weighted by molar-refractivity contribution is 0.383. The van der Waals surface area contributed by atoms with Crippen LogP contribution in [0.2, 0.25) is 0 Å². The fourth-order valence-corrected chi connectivity index (χ4v) is 2.56. The summed E-state index contributed by atoms with van der Waals surface area (Å²) in [6, 6.07) is 4.25. The zero-order valence-corrected chi connectivity index (χ0v) is 11.6. The van der Waals surface area contributed by atoms with E-state index in [1.165, 1.54) is 18.4 Å². The Labute approximate surface area is 104 Å². The SMILES string of the molecule is CCCC(C)C(NC)c1cc(C)c(F)c(C)c1. The molecule has 1 aromatic rings. The largest absolute Gasteiger partial charge is 0.313 e. The normalized spacial score (nSPS) is 14.7. The zero-order valence-electron chi connectivity index (χ0n) is 11.6. The van der Waals surface area contributed by atoms with Gasteiger partial charge in [0.1, 0.15) is 5.82 Å². The minimum Gasteiger partial charge on any atom is -0.313 e. The van der Waals surface area contributed by atoms with E-state index in [-0.39, 0.29) is 5.82 Å². The first kappa shape index (κ1) is 14.2. The summed E-state index contributed by atoms with van der Waals surface area (Å²) in [7, 11) is 1.98. The fraction of sp³-hybridized carbons (Fsp3) is 0.600. The number of hydrogen-bond donors (Lipinski definition) is 1. The Kier molecular flexibility index (Phi) is 5.13. The molecular weight excluding hydrogens is 213 g/mol. The van der Waals surface area contributed by atoms with Gasteiger partial charge in [-0.25, -0.2) is 4.39 Å². The van der Waals surface area contributed by atoms with Crippen LogP contribution in [-0.4, -0.2) is 7.05 Å². The topological polar surface area (TPSA) is 12.0 Å². The maximum Gasteiger partial charge on any atom is 0.129 e. The maximum atomic E-state index is 13.6. The van der Waals surface area contributed by atoms with Crippen molar-refractivity contribution in [2.45, 2.75) is 46.6 Å². The third-order valence-corrected chi connectivity index (χ3v) is 3.44. The van der Waals surface area contributed by atoms with E-state index in [9.17, 15) is 4.39 Å². The van der Waals surface area contributed by atoms with Crippen LogP contribution in [0.5, 0.6) is 0 Å². The van der Waals surface area contributed by atoms with Crippen molar-refractivity contribution in [2.75, 3.05) is 7.05 Å². The van der Waals surface area contributed by atoms with Crippen molar-refractivity contribution < 1.29 is 4.39 Å². The van der Waals surface area contributed by atoms with Gasteiger partial charge < -0.3 is 5.32 Å². The van der Waals surface area contributed by atoms with Crippen molar-refractivity contribution >= 4 is 0 Å². The molecule has 0 radical (unpaired) electrons. The van der Waals surface area contributed by atoms with Crippen LogP contribution in [0.3, 0.4) is 0 Å². The van der Waals surface area contributed by atoms with Crippen LogP contribution in [0.15, 0.2) is 12.1 Å². The van der Waals surface area contributed by atoms with Gasteiger partial charge in [-0.2, -0.15) is 0 Å². The van der Waals surface area contributed by atoms with E-state index in [0.717, 1.165) is 11.1 Å². The van der Waals surface area contributed by atoms with Crippen molar-refractivity contribution in [3.05, 3.63) is 34.6 Å². The Hall–Kier alpha value is -0.890. The predicted octanol–water partition coefficient (Wildman–Crippen LogP) is 4.14. The van der Waals surface area contributed by atoms with Crippen molar-refractivity contribution in [2.24, 2.45) is 5.92 Å². The molecule has 1 aromatic carbocycles. The summed E-state index contributed by atoms with van der Waals surface area (Å²) in [6.45, 7) is 8.12. The number of rotatable bonds is 5. The van der Waals surface area contributed by atoms with Crippen molar-refractivity contribution in [3.63, 3.8) is 0 Å². The average Bonchev–Trinajstić information content (AvgIpc) is 2.27. The second-order valence-corrected chi connectivity index (χ2v) is 5.00. The monoisotopic (exact) mass is 237 g/mol. The summed E-state index contributed by atoms with van der Waals surface area (Å²) in [6.07, 6.45) is 2.36. The van der Waals surface area contributed by atoms with Gasteiger partial charge in [-0.05, 0) is 49.9 Å². The Morgan fingerprint density at radius 1 is 1.24 bits per heavy atom. The summed E-state index contributed by atoms with van der Waals surface area (Å²) in [5, 5.41) is 3.35. The molecule has 0 amide bonds. The van der Waals surface area contributed by atoms with Crippen LogP contribution in [0, 0.1) is 25.6 Å². The van der Waals surface area contributed by atoms with E-state index in [1.54, 1.807) is 0 Å². The van der Waals surface area contributed by atoms with Gasteiger partial charge in [0, 0.05) is 6.04 Å². The number of nitrogens with one attached hydrogen (secondary N) is 1. The van der Waals surface area contributed by atoms with Gasteiger partial charge >= 0.3 is 0 Å². The molecular formula is C15H24FN. The standard InChI is InChI=1S/C15H24FN/c1-6-7-10(2)15(17-5)13-8-11(3)14(16)12(4)9-13/h8-10,15,17H,6-7H2,1-5H3. The molecule has 0 saturated carbocycles. The molecule has 1 rings (SSSR count). The van der Waals surface area contributed by atoms with Gasteiger partial charge in [-0.1, -0.05) is 32.4 Å². The molecule has 1 N–H and O–H groups in total. The maximum absolute atomic E-state index is 13.6. The lowest BCUT2D eigenvalue weighted by atomic mass is 9.89. The van der Waals surface area contributed by atoms with E-state index >= 15 is 0 Å². The third-order valence-electron chi connectivity index (χ3n) is 3.44. The number of hydrogen-bond acceptors (Lipinski definition) is 1. The van der Waals surface area contributed by atoms with Crippen LogP contribution in [-0.2, 0) is 0 Å². The Morgan fingerprint density at radius 3 is 2.18 bits per heavy atom. The quantitative estimate of drug-likeness (QED) is 0.811. The number of aryl methyl sites for hydroxylation is 2. The number of halogens is 1. The van der Waals surface area contributed by atoms with Crippen LogP contribution in [0.25, 0.3) is 0 Å².